The number of pyridine rings is 1. The lowest BCUT2D eigenvalue weighted by Gasteiger charge is -2.22. The summed E-state index contributed by atoms with van der Waals surface area (Å²) in [6, 6.07) is 14.2. The molecule has 2 aliphatic carbocycles. The van der Waals surface area contributed by atoms with E-state index in [9.17, 15) is 0 Å². The van der Waals surface area contributed by atoms with Crippen LogP contribution in [0.5, 0.6) is 0 Å². The van der Waals surface area contributed by atoms with Gasteiger partial charge in [0.15, 0.2) is 6.20 Å². The number of nitrogens with zero attached hydrogens (tertiary/aromatic N) is 1. The summed E-state index contributed by atoms with van der Waals surface area (Å²) in [7, 11) is 2.18. The van der Waals surface area contributed by atoms with Crippen LogP contribution in [0, 0.1) is 32.6 Å². The molecule has 2 bridgehead atoms. The maximum atomic E-state index is 2.49. The number of rotatable bonds is 2. The van der Waals surface area contributed by atoms with Gasteiger partial charge in [-0.15, -0.1) is 0 Å². The average Bonchev–Trinajstić information content (AvgIpc) is 3.28. The molecule has 1 heteroatoms. The van der Waals surface area contributed by atoms with Crippen LogP contribution < -0.4 is 4.57 Å². The lowest BCUT2D eigenvalue weighted by molar-refractivity contribution is -0.659. The van der Waals surface area contributed by atoms with Crippen molar-refractivity contribution in [3.63, 3.8) is 0 Å². The van der Waals surface area contributed by atoms with E-state index < -0.39 is 0 Å². The van der Waals surface area contributed by atoms with Crippen molar-refractivity contribution in [2.75, 3.05) is 0 Å². The first kappa shape index (κ1) is 17.0. The van der Waals surface area contributed by atoms with Crippen molar-refractivity contribution in [3.05, 3.63) is 64.8 Å². The molecule has 0 N–H and O–H groups in total. The van der Waals surface area contributed by atoms with E-state index in [2.05, 4.69) is 75.0 Å². The zero-order valence-corrected chi connectivity index (χ0v) is 17.0. The van der Waals surface area contributed by atoms with E-state index in [0.717, 1.165) is 17.8 Å². The first-order chi connectivity index (χ1) is 13.0. The molecule has 3 aromatic rings. The highest BCUT2D eigenvalue weighted by molar-refractivity contribution is 5.94. The van der Waals surface area contributed by atoms with Crippen molar-refractivity contribution in [3.8, 4) is 11.3 Å². The van der Waals surface area contributed by atoms with Gasteiger partial charge in [0.05, 0.1) is 10.9 Å². The second kappa shape index (κ2) is 6.19. The summed E-state index contributed by atoms with van der Waals surface area (Å²) in [5, 5.41) is 2.77. The molecule has 27 heavy (non-hydrogen) atoms. The van der Waals surface area contributed by atoms with Crippen molar-refractivity contribution in [2.24, 2.45) is 18.9 Å². The molecule has 3 unspecified atom stereocenters. The Morgan fingerprint density at radius 1 is 0.926 bits per heavy atom. The minimum Gasteiger partial charge on any atom is -0.200 e. The molecule has 0 aliphatic heterocycles. The summed E-state index contributed by atoms with van der Waals surface area (Å²) >= 11 is 0. The molecule has 3 atom stereocenters. The number of hydrogen-bond acceptors (Lipinski definition) is 0. The number of fused-ring (bicyclic) bond motifs is 3. The topological polar surface area (TPSA) is 3.88 Å². The van der Waals surface area contributed by atoms with Crippen LogP contribution in [0.1, 0.15) is 53.9 Å². The van der Waals surface area contributed by atoms with Gasteiger partial charge in [0.25, 0.3) is 0 Å². The van der Waals surface area contributed by atoms with Crippen LogP contribution in [0.15, 0.2) is 42.6 Å². The minimum atomic E-state index is 0.800. The van der Waals surface area contributed by atoms with Gasteiger partial charge in [0, 0.05) is 6.07 Å². The third-order valence-electron chi connectivity index (χ3n) is 7.39. The molecule has 2 saturated carbocycles. The van der Waals surface area contributed by atoms with Crippen LogP contribution in [-0.2, 0) is 7.05 Å². The van der Waals surface area contributed by atoms with Crippen LogP contribution in [-0.4, -0.2) is 0 Å². The van der Waals surface area contributed by atoms with E-state index in [1.807, 2.05) is 0 Å². The fourth-order valence-electron chi connectivity index (χ4n) is 5.90. The van der Waals surface area contributed by atoms with Crippen molar-refractivity contribution < 1.29 is 4.57 Å². The molecule has 0 amide bonds. The Balaban J connectivity index is 1.67. The Morgan fingerprint density at radius 3 is 2.52 bits per heavy atom. The number of aryl methyl sites for hydroxylation is 3. The summed E-state index contributed by atoms with van der Waals surface area (Å²) in [5.41, 5.74) is 8.39. The first-order valence-corrected chi connectivity index (χ1v) is 10.5. The molecule has 5 rings (SSSR count). The Hall–Kier alpha value is -2.15. The molecule has 0 radical (unpaired) electrons. The number of benzene rings is 2. The normalized spacial score (nSPS) is 24.1. The van der Waals surface area contributed by atoms with Crippen LogP contribution in [0.25, 0.3) is 22.0 Å². The van der Waals surface area contributed by atoms with Gasteiger partial charge in [-0.1, -0.05) is 30.2 Å². The monoisotopic (exact) mass is 356 g/mol. The zero-order chi connectivity index (χ0) is 18.7. The molecule has 138 valence electrons. The molecule has 0 spiro atoms. The third-order valence-corrected chi connectivity index (χ3v) is 7.39. The quantitative estimate of drug-likeness (QED) is 0.484. The predicted octanol–water partition coefficient (Wildman–Crippen LogP) is 6.16. The van der Waals surface area contributed by atoms with E-state index in [1.165, 1.54) is 64.4 Å². The molecule has 1 aromatic heterocycles. The second-order valence-corrected chi connectivity index (χ2v) is 9.16. The number of aromatic nitrogens is 1. The lowest BCUT2D eigenvalue weighted by atomic mass is 9.82. The largest absolute Gasteiger partial charge is 0.220 e. The van der Waals surface area contributed by atoms with Gasteiger partial charge in [-0.05, 0) is 92.0 Å². The standard InChI is InChI=1S/C26H30N/c1-16-11-17(2)18(3)24(12-16)26-23-8-7-21(15-22(23)9-10-27(26)4)25-14-19-5-6-20(25)13-19/h7-12,15,19-20,25H,5-6,13-14H2,1-4H3/q+1. The van der Waals surface area contributed by atoms with Gasteiger partial charge in [-0.25, -0.2) is 4.57 Å². The van der Waals surface area contributed by atoms with Gasteiger partial charge in [0.1, 0.15) is 7.05 Å². The Bertz CT molecular complexity index is 1050. The summed E-state index contributed by atoms with van der Waals surface area (Å²) in [6.45, 7) is 6.69. The van der Waals surface area contributed by atoms with Crippen LogP contribution in [0.3, 0.4) is 0 Å². The van der Waals surface area contributed by atoms with Crippen molar-refractivity contribution >= 4 is 10.8 Å². The van der Waals surface area contributed by atoms with E-state index in [0.29, 0.717) is 0 Å². The number of hydrogen-bond donors (Lipinski definition) is 0. The lowest BCUT2D eigenvalue weighted by Crippen LogP contribution is -2.30. The van der Waals surface area contributed by atoms with Crippen LogP contribution in [0.2, 0.25) is 0 Å². The molecule has 1 nitrogen and oxygen atoms in total. The molecular weight excluding hydrogens is 326 g/mol. The summed E-state index contributed by atoms with van der Waals surface area (Å²) in [4.78, 5) is 0. The average molecular weight is 357 g/mol. The SMILES string of the molecule is Cc1cc(C)c(C)c(-c2c3ccc(C4CC5CCC4C5)cc3cc[n+]2C)c1. The van der Waals surface area contributed by atoms with Crippen LogP contribution >= 0.6 is 0 Å². The first-order valence-electron chi connectivity index (χ1n) is 10.5. The van der Waals surface area contributed by atoms with Crippen LogP contribution in [0.4, 0.5) is 0 Å². The maximum absolute atomic E-state index is 2.49. The van der Waals surface area contributed by atoms with Gasteiger partial charge in [-0.3, -0.25) is 0 Å². The highest BCUT2D eigenvalue weighted by Gasteiger charge is 2.40. The molecule has 2 aliphatic rings. The summed E-state index contributed by atoms with van der Waals surface area (Å²) in [6.07, 6.45) is 8.05. The van der Waals surface area contributed by atoms with Gasteiger partial charge < -0.3 is 0 Å². The smallest absolute Gasteiger partial charge is 0.200 e. The molecule has 1 heterocycles. The van der Waals surface area contributed by atoms with Gasteiger partial charge in [0.2, 0.25) is 5.69 Å². The second-order valence-electron chi connectivity index (χ2n) is 9.16. The van der Waals surface area contributed by atoms with Crippen molar-refractivity contribution in [1.82, 2.24) is 0 Å². The van der Waals surface area contributed by atoms with Crippen molar-refractivity contribution in [1.29, 1.82) is 0 Å². The summed E-state index contributed by atoms with van der Waals surface area (Å²) in [5.74, 6) is 2.74. The molecule has 2 fully saturated rings. The maximum Gasteiger partial charge on any atom is 0.220 e. The zero-order valence-electron chi connectivity index (χ0n) is 17.0. The Labute approximate surface area is 163 Å². The third kappa shape index (κ3) is 2.71. The van der Waals surface area contributed by atoms with E-state index in [4.69, 9.17) is 0 Å². The minimum absolute atomic E-state index is 0.800. The summed E-state index contributed by atoms with van der Waals surface area (Å²) < 4.78 is 2.29. The van der Waals surface area contributed by atoms with Crippen molar-refractivity contribution in [2.45, 2.75) is 52.4 Å². The van der Waals surface area contributed by atoms with E-state index in [1.54, 1.807) is 5.56 Å². The predicted molar refractivity (Wildman–Crippen MR) is 113 cm³/mol. The Kier molecular flexibility index (Phi) is 3.89. The van der Waals surface area contributed by atoms with Gasteiger partial charge in [-0.2, -0.15) is 0 Å². The highest BCUT2D eigenvalue weighted by atomic mass is 14.9. The Morgan fingerprint density at radius 2 is 1.78 bits per heavy atom. The molecule has 2 aromatic carbocycles. The molecule has 0 saturated heterocycles. The highest BCUT2D eigenvalue weighted by Crippen LogP contribution is 2.53. The van der Waals surface area contributed by atoms with E-state index in [-0.39, 0.29) is 0 Å². The van der Waals surface area contributed by atoms with Gasteiger partial charge >= 0.3 is 0 Å². The fourth-order valence-corrected chi connectivity index (χ4v) is 5.90. The molecular formula is C26H30N+. The fraction of sp³-hybridized carbons (Fsp3) is 0.423. The van der Waals surface area contributed by atoms with E-state index >= 15 is 0 Å².